The van der Waals surface area contributed by atoms with E-state index >= 15 is 0 Å². The average Bonchev–Trinajstić information content (AvgIpc) is 2.85. The second kappa shape index (κ2) is 6.51. The number of nitrogens with zero attached hydrogens (tertiary/aromatic N) is 2. The van der Waals surface area contributed by atoms with E-state index in [1.54, 1.807) is 48.3 Å². The summed E-state index contributed by atoms with van der Waals surface area (Å²) in [5.74, 6) is 0.139. The molecule has 1 heterocycles. The Kier molecular flexibility index (Phi) is 4.49. The zero-order chi connectivity index (χ0) is 14.4. The SMILES string of the molecule is Cn1ccc(NC(=O)CCNC(=O)c2ccccc2)n1. The first-order chi connectivity index (χ1) is 9.65. The summed E-state index contributed by atoms with van der Waals surface area (Å²) in [5, 5.41) is 9.39. The van der Waals surface area contributed by atoms with Crippen molar-refractivity contribution in [2.24, 2.45) is 7.05 Å². The van der Waals surface area contributed by atoms with Crippen LogP contribution < -0.4 is 10.6 Å². The number of hydrogen-bond donors (Lipinski definition) is 2. The Labute approximate surface area is 116 Å². The third-order valence-corrected chi connectivity index (χ3v) is 2.65. The fourth-order valence-electron chi connectivity index (χ4n) is 1.67. The highest BCUT2D eigenvalue weighted by Gasteiger charge is 2.07. The molecule has 0 atom stereocenters. The zero-order valence-electron chi connectivity index (χ0n) is 11.2. The summed E-state index contributed by atoms with van der Waals surface area (Å²) in [6.45, 7) is 0.284. The maximum atomic E-state index is 11.7. The van der Waals surface area contributed by atoms with E-state index in [2.05, 4.69) is 15.7 Å². The molecule has 0 saturated heterocycles. The molecule has 0 aliphatic carbocycles. The van der Waals surface area contributed by atoms with Crippen molar-refractivity contribution in [2.45, 2.75) is 6.42 Å². The number of aromatic nitrogens is 2. The number of rotatable bonds is 5. The van der Waals surface area contributed by atoms with Crippen LogP contribution in [-0.2, 0) is 11.8 Å². The minimum atomic E-state index is -0.184. The van der Waals surface area contributed by atoms with Gasteiger partial charge in [-0.3, -0.25) is 14.3 Å². The summed E-state index contributed by atoms with van der Waals surface area (Å²) in [4.78, 5) is 23.4. The molecule has 0 saturated carbocycles. The molecule has 2 aromatic rings. The molecule has 0 unspecified atom stereocenters. The Balaban J connectivity index is 1.73. The predicted octanol–water partition coefficient (Wildman–Crippen LogP) is 1.18. The fourth-order valence-corrected chi connectivity index (χ4v) is 1.67. The van der Waals surface area contributed by atoms with Gasteiger partial charge in [0, 0.05) is 37.8 Å². The smallest absolute Gasteiger partial charge is 0.251 e. The predicted molar refractivity (Wildman–Crippen MR) is 75.2 cm³/mol. The van der Waals surface area contributed by atoms with Crippen LogP contribution in [0, 0.1) is 0 Å². The Morgan fingerprint density at radius 3 is 2.60 bits per heavy atom. The van der Waals surface area contributed by atoms with E-state index in [1.807, 2.05) is 6.07 Å². The van der Waals surface area contributed by atoms with Crippen LogP contribution in [0.3, 0.4) is 0 Å². The van der Waals surface area contributed by atoms with Crippen molar-refractivity contribution in [1.82, 2.24) is 15.1 Å². The second-order valence-corrected chi connectivity index (χ2v) is 4.29. The molecular formula is C14H16N4O2. The number of carbonyl (C=O) groups is 2. The molecule has 2 rings (SSSR count). The lowest BCUT2D eigenvalue weighted by molar-refractivity contribution is -0.116. The first-order valence-electron chi connectivity index (χ1n) is 6.28. The lowest BCUT2D eigenvalue weighted by Crippen LogP contribution is -2.27. The number of hydrogen-bond acceptors (Lipinski definition) is 3. The Morgan fingerprint density at radius 2 is 1.95 bits per heavy atom. The van der Waals surface area contributed by atoms with Crippen LogP contribution in [-0.4, -0.2) is 28.1 Å². The van der Waals surface area contributed by atoms with Crippen LogP contribution in [0.5, 0.6) is 0 Å². The van der Waals surface area contributed by atoms with Crippen molar-refractivity contribution in [3.8, 4) is 0 Å². The quantitative estimate of drug-likeness (QED) is 0.858. The van der Waals surface area contributed by atoms with Crippen LogP contribution in [0.2, 0.25) is 0 Å². The van der Waals surface area contributed by atoms with Crippen LogP contribution in [0.4, 0.5) is 5.82 Å². The standard InChI is InChI=1S/C14H16N4O2/c1-18-10-8-12(17-18)16-13(19)7-9-15-14(20)11-5-3-2-4-6-11/h2-6,8,10H,7,9H2,1H3,(H,15,20)(H,16,17,19). The number of aryl methyl sites for hydroxylation is 1. The molecule has 6 nitrogen and oxygen atoms in total. The molecule has 2 N–H and O–H groups in total. The Morgan fingerprint density at radius 1 is 1.20 bits per heavy atom. The van der Waals surface area contributed by atoms with E-state index in [4.69, 9.17) is 0 Å². The van der Waals surface area contributed by atoms with Gasteiger partial charge in [-0.25, -0.2) is 0 Å². The summed E-state index contributed by atoms with van der Waals surface area (Å²) in [6, 6.07) is 10.6. The van der Waals surface area contributed by atoms with Gasteiger partial charge in [-0.05, 0) is 12.1 Å². The summed E-state index contributed by atoms with van der Waals surface area (Å²) in [7, 11) is 1.77. The van der Waals surface area contributed by atoms with Crippen molar-refractivity contribution in [2.75, 3.05) is 11.9 Å². The highest BCUT2D eigenvalue weighted by Crippen LogP contribution is 2.01. The minimum Gasteiger partial charge on any atom is -0.352 e. The lowest BCUT2D eigenvalue weighted by Gasteiger charge is -2.05. The van der Waals surface area contributed by atoms with E-state index in [0.717, 1.165) is 0 Å². The fraction of sp³-hybridized carbons (Fsp3) is 0.214. The normalized spacial score (nSPS) is 10.1. The molecule has 0 aliphatic rings. The molecule has 0 spiro atoms. The van der Waals surface area contributed by atoms with Gasteiger partial charge in [-0.1, -0.05) is 18.2 Å². The second-order valence-electron chi connectivity index (χ2n) is 4.29. The first kappa shape index (κ1) is 13.8. The van der Waals surface area contributed by atoms with E-state index < -0.39 is 0 Å². The zero-order valence-corrected chi connectivity index (χ0v) is 11.2. The molecule has 0 bridgehead atoms. The molecule has 20 heavy (non-hydrogen) atoms. The molecular weight excluding hydrogens is 256 g/mol. The maximum absolute atomic E-state index is 11.7. The highest BCUT2D eigenvalue weighted by atomic mass is 16.2. The van der Waals surface area contributed by atoms with Crippen molar-refractivity contribution >= 4 is 17.6 Å². The van der Waals surface area contributed by atoms with E-state index in [1.165, 1.54) is 0 Å². The van der Waals surface area contributed by atoms with Crippen molar-refractivity contribution in [3.63, 3.8) is 0 Å². The maximum Gasteiger partial charge on any atom is 0.251 e. The largest absolute Gasteiger partial charge is 0.352 e. The molecule has 6 heteroatoms. The topological polar surface area (TPSA) is 76.0 Å². The molecule has 0 fully saturated rings. The van der Waals surface area contributed by atoms with Crippen molar-refractivity contribution in [1.29, 1.82) is 0 Å². The number of benzene rings is 1. The summed E-state index contributed by atoms with van der Waals surface area (Å²) >= 11 is 0. The van der Waals surface area contributed by atoms with Gasteiger partial charge in [0.1, 0.15) is 0 Å². The number of carbonyl (C=O) groups excluding carboxylic acids is 2. The van der Waals surface area contributed by atoms with Crippen LogP contribution in [0.25, 0.3) is 0 Å². The number of amides is 2. The van der Waals surface area contributed by atoms with E-state index in [0.29, 0.717) is 11.4 Å². The third kappa shape index (κ3) is 3.94. The first-order valence-corrected chi connectivity index (χ1v) is 6.28. The van der Waals surface area contributed by atoms with Crippen LogP contribution in [0.1, 0.15) is 16.8 Å². The van der Waals surface area contributed by atoms with Crippen LogP contribution in [0.15, 0.2) is 42.6 Å². The van der Waals surface area contributed by atoms with Crippen molar-refractivity contribution < 1.29 is 9.59 Å². The third-order valence-electron chi connectivity index (χ3n) is 2.65. The molecule has 0 aliphatic heterocycles. The number of nitrogens with one attached hydrogen (secondary N) is 2. The van der Waals surface area contributed by atoms with Gasteiger partial charge < -0.3 is 10.6 Å². The van der Waals surface area contributed by atoms with Gasteiger partial charge in [-0.15, -0.1) is 0 Å². The summed E-state index contributed by atoms with van der Waals surface area (Å²) in [6.07, 6.45) is 1.95. The van der Waals surface area contributed by atoms with Crippen molar-refractivity contribution in [3.05, 3.63) is 48.2 Å². The van der Waals surface area contributed by atoms with E-state index in [-0.39, 0.29) is 24.8 Å². The lowest BCUT2D eigenvalue weighted by atomic mass is 10.2. The van der Waals surface area contributed by atoms with Gasteiger partial charge in [0.2, 0.25) is 5.91 Å². The monoisotopic (exact) mass is 272 g/mol. The molecule has 104 valence electrons. The van der Waals surface area contributed by atoms with Gasteiger partial charge in [0.25, 0.3) is 5.91 Å². The Bertz CT molecular complexity index is 592. The molecule has 1 aromatic carbocycles. The minimum absolute atomic E-state index is 0.183. The highest BCUT2D eigenvalue weighted by molar-refractivity contribution is 5.95. The van der Waals surface area contributed by atoms with Gasteiger partial charge >= 0.3 is 0 Å². The number of anilines is 1. The molecule has 1 aromatic heterocycles. The van der Waals surface area contributed by atoms with Crippen LogP contribution >= 0.6 is 0 Å². The van der Waals surface area contributed by atoms with E-state index in [9.17, 15) is 9.59 Å². The Hall–Kier alpha value is -2.63. The average molecular weight is 272 g/mol. The van der Waals surface area contributed by atoms with Gasteiger partial charge in [0.05, 0.1) is 0 Å². The summed E-state index contributed by atoms with van der Waals surface area (Å²) in [5.41, 5.74) is 0.581. The van der Waals surface area contributed by atoms with Gasteiger partial charge in [-0.2, -0.15) is 5.10 Å². The molecule has 0 radical (unpaired) electrons. The summed E-state index contributed by atoms with van der Waals surface area (Å²) < 4.78 is 1.60. The van der Waals surface area contributed by atoms with Gasteiger partial charge in [0.15, 0.2) is 5.82 Å². The molecule has 2 amide bonds.